The SMILES string of the molecule is O=c1c2sccc2ncn1Cc1ccc(Cl)nc1. The summed E-state index contributed by atoms with van der Waals surface area (Å²) >= 11 is 7.13. The van der Waals surface area contributed by atoms with Gasteiger partial charge in [0, 0.05) is 6.20 Å². The summed E-state index contributed by atoms with van der Waals surface area (Å²) in [6.45, 7) is 0.448. The van der Waals surface area contributed by atoms with E-state index in [4.69, 9.17) is 11.6 Å². The number of rotatable bonds is 2. The van der Waals surface area contributed by atoms with E-state index in [2.05, 4.69) is 9.97 Å². The Morgan fingerprint density at radius 1 is 1.28 bits per heavy atom. The Labute approximate surface area is 112 Å². The maximum atomic E-state index is 12.1. The number of hydrogen-bond donors (Lipinski definition) is 0. The molecule has 0 aromatic carbocycles. The van der Waals surface area contributed by atoms with E-state index in [0.29, 0.717) is 16.4 Å². The van der Waals surface area contributed by atoms with Crippen molar-refractivity contribution in [3.63, 3.8) is 0 Å². The molecule has 3 rings (SSSR count). The van der Waals surface area contributed by atoms with Gasteiger partial charge >= 0.3 is 0 Å². The van der Waals surface area contributed by atoms with Gasteiger partial charge in [-0.1, -0.05) is 17.7 Å². The zero-order chi connectivity index (χ0) is 12.5. The monoisotopic (exact) mass is 277 g/mol. The van der Waals surface area contributed by atoms with Gasteiger partial charge in [0.05, 0.1) is 18.4 Å². The zero-order valence-electron chi connectivity index (χ0n) is 9.21. The van der Waals surface area contributed by atoms with Crippen molar-refractivity contribution in [2.75, 3.05) is 0 Å². The average Bonchev–Trinajstić information content (AvgIpc) is 2.84. The highest BCUT2D eigenvalue weighted by Gasteiger charge is 2.05. The topological polar surface area (TPSA) is 47.8 Å². The van der Waals surface area contributed by atoms with Gasteiger partial charge in [0.1, 0.15) is 9.85 Å². The zero-order valence-corrected chi connectivity index (χ0v) is 10.8. The van der Waals surface area contributed by atoms with Gasteiger partial charge in [-0.3, -0.25) is 9.36 Å². The molecule has 0 radical (unpaired) electrons. The number of thiophene rings is 1. The quantitative estimate of drug-likeness (QED) is 0.677. The van der Waals surface area contributed by atoms with Crippen LogP contribution in [0.4, 0.5) is 0 Å². The van der Waals surface area contributed by atoms with Crippen LogP contribution < -0.4 is 5.56 Å². The third-order valence-corrected chi connectivity index (χ3v) is 3.69. The third-order valence-electron chi connectivity index (χ3n) is 2.58. The summed E-state index contributed by atoms with van der Waals surface area (Å²) in [5.74, 6) is 0. The number of nitrogens with zero attached hydrogens (tertiary/aromatic N) is 3. The smallest absolute Gasteiger partial charge is 0.271 e. The summed E-state index contributed by atoms with van der Waals surface area (Å²) < 4.78 is 2.25. The largest absolute Gasteiger partial charge is 0.293 e. The van der Waals surface area contributed by atoms with E-state index < -0.39 is 0 Å². The van der Waals surface area contributed by atoms with Crippen molar-refractivity contribution in [2.45, 2.75) is 6.54 Å². The highest BCUT2D eigenvalue weighted by Crippen LogP contribution is 2.13. The first kappa shape index (κ1) is 11.4. The van der Waals surface area contributed by atoms with Crippen LogP contribution in [0.3, 0.4) is 0 Å². The van der Waals surface area contributed by atoms with E-state index in [1.165, 1.54) is 11.3 Å². The van der Waals surface area contributed by atoms with E-state index in [-0.39, 0.29) is 5.56 Å². The molecule has 0 bridgehead atoms. The van der Waals surface area contributed by atoms with Gasteiger partial charge in [-0.15, -0.1) is 11.3 Å². The molecule has 3 aromatic heterocycles. The lowest BCUT2D eigenvalue weighted by Gasteiger charge is -2.04. The van der Waals surface area contributed by atoms with Crippen molar-refractivity contribution in [2.24, 2.45) is 0 Å². The third kappa shape index (κ3) is 2.02. The number of aromatic nitrogens is 3. The van der Waals surface area contributed by atoms with Crippen LogP contribution in [0, 0.1) is 0 Å². The molecular formula is C12H8ClN3OS. The minimum Gasteiger partial charge on any atom is -0.293 e. The molecule has 0 atom stereocenters. The molecule has 90 valence electrons. The molecule has 0 aliphatic rings. The number of halogens is 1. The van der Waals surface area contributed by atoms with Gasteiger partial charge in [-0.05, 0) is 23.1 Å². The molecule has 0 saturated heterocycles. The molecule has 3 heterocycles. The predicted octanol–water partition coefficient (Wildman–Crippen LogP) is 2.55. The lowest BCUT2D eigenvalue weighted by molar-refractivity contribution is 0.747. The van der Waals surface area contributed by atoms with Gasteiger partial charge in [0.25, 0.3) is 5.56 Å². The molecule has 0 aliphatic heterocycles. The Morgan fingerprint density at radius 3 is 2.94 bits per heavy atom. The minimum absolute atomic E-state index is 0.0232. The maximum Gasteiger partial charge on any atom is 0.271 e. The number of hydrogen-bond acceptors (Lipinski definition) is 4. The second kappa shape index (κ2) is 4.51. The van der Waals surface area contributed by atoms with Gasteiger partial charge in [0.2, 0.25) is 0 Å². The van der Waals surface area contributed by atoms with Crippen molar-refractivity contribution < 1.29 is 0 Å². The van der Waals surface area contributed by atoms with E-state index in [0.717, 1.165) is 11.1 Å². The summed E-state index contributed by atoms with van der Waals surface area (Å²) in [7, 11) is 0. The number of pyridine rings is 1. The molecule has 0 amide bonds. The summed E-state index contributed by atoms with van der Waals surface area (Å²) in [5, 5.41) is 2.31. The Kier molecular flexibility index (Phi) is 2.85. The van der Waals surface area contributed by atoms with Crippen molar-refractivity contribution in [1.82, 2.24) is 14.5 Å². The molecule has 4 nitrogen and oxygen atoms in total. The molecule has 0 aliphatic carbocycles. The van der Waals surface area contributed by atoms with Gasteiger partial charge in [0.15, 0.2) is 0 Å². The van der Waals surface area contributed by atoms with Crippen LogP contribution >= 0.6 is 22.9 Å². The molecule has 18 heavy (non-hydrogen) atoms. The first-order valence-corrected chi connectivity index (χ1v) is 6.53. The summed E-state index contributed by atoms with van der Waals surface area (Å²) in [6, 6.07) is 5.40. The minimum atomic E-state index is -0.0232. The van der Waals surface area contributed by atoms with Crippen molar-refractivity contribution in [3.05, 3.63) is 57.2 Å². The summed E-state index contributed by atoms with van der Waals surface area (Å²) in [6.07, 6.45) is 3.22. The Morgan fingerprint density at radius 2 is 2.17 bits per heavy atom. The van der Waals surface area contributed by atoms with Gasteiger partial charge < -0.3 is 0 Å². The lowest BCUT2D eigenvalue weighted by atomic mass is 10.3. The molecule has 0 fully saturated rings. The first-order chi connectivity index (χ1) is 8.74. The van der Waals surface area contributed by atoms with Crippen LogP contribution in [0.1, 0.15) is 5.56 Å². The van der Waals surface area contributed by atoms with Crippen LogP contribution in [-0.4, -0.2) is 14.5 Å². The molecule has 0 N–H and O–H groups in total. The Balaban J connectivity index is 2.02. The van der Waals surface area contributed by atoms with Gasteiger partial charge in [-0.25, -0.2) is 9.97 Å². The van der Waals surface area contributed by atoms with Crippen molar-refractivity contribution >= 4 is 33.2 Å². The van der Waals surface area contributed by atoms with E-state index in [9.17, 15) is 4.79 Å². The molecule has 0 unspecified atom stereocenters. The second-order valence-electron chi connectivity index (χ2n) is 3.80. The molecular weight excluding hydrogens is 270 g/mol. The normalized spacial score (nSPS) is 10.9. The highest BCUT2D eigenvalue weighted by atomic mass is 35.5. The summed E-state index contributed by atoms with van der Waals surface area (Å²) in [5.41, 5.74) is 1.64. The standard InChI is InChI=1S/C12H8ClN3OS/c13-10-2-1-8(5-14-10)6-16-7-15-9-3-4-18-11(9)12(16)17/h1-5,7H,6H2. The second-order valence-corrected chi connectivity index (χ2v) is 5.11. The van der Waals surface area contributed by atoms with Crippen LogP contribution in [0.15, 0.2) is 40.9 Å². The van der Waals surface area contributed by atoms with E-state index >= 15 is 0 Å². The van der Waals surface area contributed by atoms with Gasteiger partial charge in [-0.2, -0.15) is 0 Å². The summed E-state index contributed by atoms with van der Waals surface area (Å²) in [4.78, 5) is 20.4. The van der Waals surface area contributed by atoms with E-state index in [1.54, 1.807) is 23.2 Å². The molecule has 0 saturated carbocycles. The fraction of sp³-hybridized carbons (Fsp3) is 0.0833. The van der Waals surface area contributed by atoms with Crippen LogP contribution in [-0.2, 0) is 6.54 Å². The lowest BCUT2D eigenvalue weighted by Crippen LogP contribution is -2.20. The molecule has 0 spiro atoms. The van der Waals surface area contributed by atoms with Crippen molar-refractivity contribution in [3.8, 4) is 0 Å². The van der Waals surface area contributed by atoms with Crippen molar-refractivity contribution in [1.29, 1.82) is 0 Å². The van der Waals surface area contributed by atoms with Crippen LogP contribution in [0.2, 0.25) is 5.15 Å². The first-order valence-electron chi connectivity index (χ1n) is 5.27. The van der Waals surface area contributed by atoms with Crippen LogP contribution in [0.5, 0.6) is 0 Å². The molecule has 3 aromatic rings. The van der Waals surface area contributed by atoms with E-state index in [1.807, 2.05) is 17.5 Å². The fourth-order valence-corrected chi connectivity index (χ4v) is 2.59. The molecule has 6 heteroatoms. The fourth-order valence-electron chi connectivity index (χ4n) is 1.69. The predicted molar refractivity (Wildman–Crippen MR) is 72.2 cm³/mol. The Bertz CT molecular complexity index is 748. The average molecular weight is 278 g/mol. The highest BCUT2D eigenvalue weighted by molar-refractivity contribution is 7.17. The number of fused-ring (bicyclic) bond motifs is 1. The van der Waals surface area contributed by atoms with Crippen LogP contribution in [0.25, 0.3) is 10.2 Å². The Hall–Kier alpha value is -1.72. The maximum absolute atomic E-state index is 12.1.